The Morgan fingerprint density at radius 1 is 1.35 bits per heavy atom. The summed E-state index contributed by atoms with van der Waals surface area (Å²) in [5.74, 6) is 0.0243. The molecular weight excluding hydrogens is 247 g/mol. The number of hydrogen-bond acceptors (Lipinski definition) is 2. The Labute approximate surface area is 104 Å². The Balaban J connectivity index is 2.32. The molecule has 0 saturated heterocycles. The molecule has 17 heavy (non-hydrogen) atoms. The van der Waals surface area contributed by atoms with Crippen LogP contribution in [0.5, 0.6) is 0 Å². The van der Waals surface area contributed by atoms with Crippen LogP contribution >= 0.6 is 11.8 Å². The smallest absolute Gasteiger partial charge is 0.327 e. The summed E-state index contributed by atoms with van der Waals surface area (Å²) in [5, 5.41) is 0. The van der Waals surface area contributed by atoms with Crippen molar-refractivity contribution in [3.05, 3.63) is 35.4 Å². The topological polar surface area (TPSA) is 26.0 Å². The molecular formula is C12H16F3NS. The van der Waals surface area contributed by atoms with Gasteiger partial charge in [-0.3, -0.25) is 0 Å². The zero-order valence-electron chi connectivity index (χ0n) is 9.63. The molecule has 0 saturated carbocycles. The van der Waals surface area contributed by atoms with Crippen molar-refractivity contribution in [3.8, 4) is 0 Å². The van der Waals surface area contributed by atoms with E-state index < -0.39 is 5.51 Å². The molecule has 0 bridgehead atoms. The summed E-state index contributed by atoms with van der Waals surface area (Å²) in [7, 11) is 0. The standard InChI is InChI=1S/C12H16F3NS/c1-9-3-2-4-10(7-9)8-11(16)5-6-17-12(13,14)15/h2-4,7,11H,5-6,8,16H2,1H3. The van der Waals surface area contributed by atoms with Gasteiger partial charge in [0.2, 0.25) is 0 Å². The SMILES string of the molecule is Cc1cccc(CC(N)CCSC(F)(F)F)c1. The van der Waals surface area contributed by atoms with Crippen molar-refractivity contribution in [1.82, 2.24) is 0 Å². The molecule has 0 aromatic heterocycles. The van der Waals surface area contributed by atoms with Gasteiger partial charge in [-0.25, -0.2) is 0 Å². The zero-order valence-corrected chi connectivity index (χ0v) is 10.4. The van der Waals surface area contributed by atoms with Gasteiger partial charge < -0.3 is 5.73 Å². The highest BCUT2D eigenvalue weighted by Crippen LogP contribution is 2.30. The van der Waals surface area contributed by atoms with Gasteiger partial charge in [-0.2, -0.15) is 13.2 Å². The van der Waals surface area contributed by atoms with Gasteiger partial charge in [0.25, 0.3) is 0 Å². The summed E-state index contributed by atoms with van der Waals surface area (Å²) in [6.45, 7) is 1.98. The van der Waals surface area contributed by atoms with Crippen LogP contribution in [-0.2, 0) is 6.42 Å². The maximum atomic E-state index is 11.9. The largest absolute Gasteiger partial charge is 0.441 e. The van der Waals surface area contributed by atoms with Crippen molar-refractivity contribution < 1.29 is 13.2 Å². The van der Waals surface area contributed by atoms with Crippen LogP contribution in [-0.4, -0.2) is 17.3 Å². The van der Waals surface area contributed by atoms with Crippen LogP contribution in [0.4, 0.5) is 13.2 Å². The normalized spacial score (nSPS) is 13.7. The molecule has 0 fully saturated rings. The molecule has 1 nitrogen and oxygen atoms in total. The Hall–Kier alpha value is -0.680. The van der Waals surface area contributed by atoms with Gasteiger partial charge in [-0.15, -0.1) is 0 Å². The molecule has 0 aliphatic rings. The van der Waals surface area contributed by atoms with Crippen LogP contribution in [0.15, 0.2) is 24.3 Å². The summed E-state index contributed by atoms with van der Waals surface area (Å²) in [4.78, 5) is 0. The van der Waals surface area contributed by atoms with Crippen LogP contribution in [0.3, 0.4) is 0 Å². The second-order valence-electron chi connectivity index (χ2n) is 4.04. The third-order valence-electron chi connectivity index (χ3n) is 2.33. The van der Waals surface area contributed by atoms with E-state index in [2.05, 4.69) is 0 Å². The molecule has 0 aliphatic heterocycles. The Morgan fingerprint density at radius 3 is 2.65 bits per heavy atom. The van der Waals surface area contributed by atoms with Gasteiger partial charge >= 0.3 is 5.51 Å². The van der Waals surface area contributed by atoms with Gasteiger partial charge in [-0.05, 0) is 25.3 Å². The monoisotopic (exact) mass is 263 g/mol. The third kappa shape index (κ3) is 6.58. The highest BCUT2D eigenvalue weighted by molar-refractivity contribution is 8.00. The average molecular weight is 263 g/mol. The molecule has 1 atom stereocenters. The summed E-state index contributed by atoms with van der Waals surface area (Å²) in [6.07, 6.45) is 0.998. The number of hydrogen-bond donors (Lipinski definition) is 1. The van der Waals surface area contributed by atoms with Crippen molar-refractivity contribution >= 4 is 11.8 Å². The van der Waals surface area contributed by atoms with E-state index in [0.717, 1.165) is 11.1 Å². The lowest BCUT2D eigenvalue weighted by atomic mass is 10.0. The average Bonchev–Trinajstić information content (AvgIpc) is 2.15. The first kappa shape index (κ1) is 14.4. The lowest BCUT2D eigenvalue weighted by molar-refractivity contribution is -0.0328. The van der Waals surface area contributed by atoms with Crippen LogP contribution in [0.1, 0.15) is 17.5 Å². The minimum Gasteiger partial charge on any atom is -0.327 e. The van der Waals surface area contributed by atoms with Gasteiger partial charge in [0.05, 0.1) is 0 Å². The van der Waals surface area contributed by atoms with E-state index in [1.807, 2.05) is 31.2 Å². The van der Waals surface area contributed by atoms with Gasteiger partial charge in [0.1, 0.15) is 0 Å². The maximum Gasteiger partial charge on any atom is 0.441 e. The number of halogens is 3. The molecule has 0 heterocycles. The minimum absolute atomic E-state index is 0.00439. The molecule has 0 spiro atoms. The van der Waals surface area contributed by atoms with E-state index in [0.29, 0.717) is 12.8 Å². The fourth-order valence-electron chi connectivity index (χ4n) is 1.57. The number of rotatable bonds is 5. The fraction of sp³-hybridized carbons (Fsp3) is 0.500. The van der Waals surface area contributed by atoms with E-state index in [1.54, 1.807) is 0 Å². The number of aryl methyl sites for hydroxylation is 1. The van der Waals surface area contributed by atoms with Crippen LogP contribution in [0.2, 0.25) is 0 Å². The number of nitrogens with two attached hydrogens (primary N) is 1. The van der Waals surface area contributed by atoms with Crippen molar-refractivity contribution in [3.63, 3.8) is 0 Å². The van der Waals surface area contributed by atoms with Crippen LogP contribution in [0, 0.1) is 6.92 Å². The van der Waals surface area contributed by atoms with Crippen molar-refractivity contribution in [1.29, 1.82) is 0 Å². The van der Waals surface area contributed by atoms with Crippen molar-refractivity contribution in [2.45, 2.75) is 31.3 Å². The Morgan fingerprint density at radius 2 is 2.06 bits per heavy atom. The minimum atomic E-state index is -4.15. The predicted molar refractivity (Wildman–Crippen MR) is 66.0 cm³/mol. The molecule has 0 aliphatic carbocycles. The molecule has 5 heteroatoms. The summed E-state index contributed by atoms with van der Waals surface area (Å²) in [6, 6.07) is 7.66. The highest BCUT2D eigenvalue weighted by atomic mass is 32.2. The van der Waals surface area contributed by atoms with Gasteiger partial charge in [-0.1, -0.05) is 41.6 Å². The first-order valence-electron chi connectivity index (χ1n) is 5.38. The summed E-state index contributed by atoms with van der Waals surface area (Å²) in [5.41, 5.74) is 3.87. The van der Waals surface area contributed by atoms with E-state index >= 15 is 0 Å². The third-order valence-corrected chi connectivity index (χ3v) is 3.10. The first-order chi connectivity index (χ1) is 7.87. The quantitative estimate of drug-likeness (QED) is 0.879. The molecule has 0 amide bonds. The van der Waals surface area contributed by atoms with Crippen LogP contribution < -0.4 is 5.73 Å². The maximum absolute atomic E-state index is 11.9. The summed E-state index contributed by atoms with van der Waals surface area (Å²) < 4.78 is 35.7. The van der Waals surface area contributed by atoms with Gasteiger partial charge in [0.15, 0.2) is 0 Å². The van der Waals surface area contributed by atoms with Crippen molar-refractivity contribution in [2.24, 2.45) is 5.73 Å². The molecule has 96 valence electrons. The molecule has 1 aromatic rings. The molecule has 0 radical (unpaired) electrons. The molecule has 1 aromatic carbocycles. The predicted octanol–water partition coefficient (Wildman–Crippen LogP) is 3.51. The van der Waals surface area contributed by atoms with E-state index in [-0.39, 0.29) is 23.6 Å². The number of benzene rings is 1. The van der Waals surface area contributed by atoms with Gasteiger partial charge in [0, 0.05) is 11.8 Å². The lowest BCUT2D eigenvalue weighted by Crippen LogP contribution is -2.24. The first-order valence-corrected chi connectivity index (χ1v) is 6.37. The molecule has 2 N–H and O–H groups in total. The molecule has 1 rings (SSSR count). The summed E-state index contributed by atoms with van der Waals surface area (Å²) >= 11 is -0.00439. The zero-order chi connectivity index (χ0) is 12.9. The fourth-order valence-corrected chi connectivity index (χ4v) is 2.22. The van der Waals surface area contributed by atoms with E-state index in [9.17, 15) is 13.2 Å². The highest BCUT2D eigenvalue weighted by Gasteiger charge is 2.27. The number of alkyl halides is 3. The van der Waals surface area contributed by atoms with E-state index in [1.165, 1.54) is 0 Å². The number of thioether (sulfide) groups is 1. The Bertz CT molecular complexity index is 352. The van der Waals surface area contributed by atoms with Crippen LogP contribution in [0.25, 0.3) is 0 Å². The second kappa shape index (κ2) is 6.31. The van der Waals surface area contributed by atoms with Crippen molar-refractivity contribution in [2.75, 3.05) is 5.75 Å². The molecule has 1 unspecified atom stereocenters. The Kier molecular flexibility index (Phi) is 5.33. The lowest BCUT2D eigenvalue weighted by Gasteiger charge is -2.12. The van der Waals surface area contributed by atoms with E-state index in [4.69, 9.17) is 5.73 Å². The second-order valence-corrected chi connectivity index (χ2v) is 5.20.